The smallest absolute Gasteiger partial charge is 0.240 e. The topological polar surface area (TPSA) is 67.6 Å². The van der Waals surface area contributed by atoms with Crippen molar-refractivity contribution in [2.24, 2.45) is 5.73 Å². The minimum absolute atomic E-state index is 0.00868. The Morgan fingerprint density at radius 2 is 1.79 bits per heavy atom. The van der Waals surface area contributed by atoms with Crippen molar-refractivity contribution in [1.82, 2.24) is 10.2 Å². The maximum Gasteiger partial charge on any atom is 0.240 e. The lowest BCUT2D eigenvalue weighted by molar-refractivity contribution is -0.129. The Bertz CT molecular complexity index is 282. The molecule has 1 amide bonds. The molecule has 110 valence electrons. The summed E-state index contributed by atoms with van der Waals surface area (Å²) in [5, 5.41) is 3.00. The molecule has 0 unspecified atom stereocenters. The number of amides is 1. The van der Waals surface area contributed by atoms with E-state index in [2.05, 4.69) is 10.2 Å². The highest BCUT2D eigenvalue weighted by atomic mass is 16.5. The van der Waals surface area contributed by atoms with Crippen molar-refractivity contribution in [1.29, 1.82) is 0 Å². The Kier molecular flexibility index (Phi) is 5.60. The van der Waals surface area contributed by atoms with E-state index in [1.807, 2.05) is 0 Å². The van der Waals surface area contributed by atoms with E-state index in [-0.39, 0.29) is 5.91 Å². The number of ether oxygens (including phenoxy) is 1. The molecule has 2 heterocycles. The van der Waals surface area contributed by atoms with Gasteiger partial charge in [0.15, 0.2) is 0 Å². The molecule has 0 atom stereocenters. The lowest BCUT2D eigenvalue weighted by Crippen LogP contribution is -2.57. The average molecular weight is 269 g/mol. The molecule has 5 heteroatoms. The van der Waals surface area contributed by atoms with Crippen molar-refractivity contribution >= 4 is 5.91 Å². The van der Waals surface area contributed by atoms with Gasteiger partial charge in [0, 0.05) is 26.3 Å². The molecule has 2 aliphatic rings. The molecular formula is C14H27N3O2. The average Bonchev–Trinajstić information content (AvgIpc) is 2.68. The fourth-order valence-electron chi connectivity index (χ4n) is 2.83. The Hall–Kier alpha value is -0.650. The van der Waals surface area contributed by atoms with Crippen LogP contribution in [0.5, 0.6) is 0 Å². The number of rotatable bonds is 4. The number of nitrogens with zero attached hydrogens (tertiary/aromatic N) is 1. The first-order chi connectivity index (χ1) is 9.21. The highest BCUT2D eigenvalue weighted by Gasteiger charge is 2.35. The summed E-state index contributed by atoms with van der Waals surface area (Å²) in [6.45, 7) is 5.16. The van der Waals surface area contributed by atoms with E-state index in [1.165, 1.54) is 25.7 Å². The van der Waals surface area contributed by atoms with E-state index in [9.17, 15) is 4.79 Å². The maximum atomic E-state index is 12.1. The third kappa shape index (κ3) is 4.44. The van der Waals surface area contributed by atoms with Crippen LogP contribution in [-0.2, 0) is 9.53 Å². The van der Waals surface area contributed by atoms with Gasteiger partial charge in [-0.25, -0.2) is 0 Å². The largest absolute Gasteiger partial charge is 0.381 e. The zero-order chi connectivity index (χ0) is 13.6. The molecule has 19 heavy (non-hydrogen) atoms. The lowest BCUT2D eigenvalue weighted by atomic mass is 9.90. The maximum absolute atomic E-state index is 12.1. The van der Waals surface area contributed by atoms with Gasteiger partial charge in [-0.05, 0) is 38.8 Å². The van der Waals surface area contributed by atoms with E-state index in [4.69, 9.17) is 10.5 Å². The SMILES string of the molecule is NC1(C(=O)NCCN2CCCCCC2)CCOCC1. The second kappa shape index (κ2) is 7.22. The molecule has 0 saturated carbocycles. The summed E-state index contributed by atoms with van der Waals surface area (Å²) >= 11 is 0. The number of hydrogen-bond acceptors (Lipinski definition) is 4. The van der Waals surface area contributed by atoms with Crippen molar-refractivity contribution in [2.75, 3.05) is 39.4 Å². The van der Waals surface area contributed by atoms with Gasteiger partial charge in [0.05, 0.1) is 5.54 Å². The molecule has 2 rings (SSSR count). The molecule has 0 bridgehead atoms. The molecule has 2 saturated heterocycles. The molecule has 2 aliphatic heterocycles. The Labute approximate surface area is 115 Å². The molecule has 0 aliphatic carbocycles. The van der Waals surface area contributed by atoms with Crippen molar-refractivity contribution in [2.45, 2.75) is 44.1 Å². The summed E-state index contributed by atoms with van der Waals surface area (Å²) in [6.07, 6.45) is 6.51. The van der Waals surface area contributed by atoms with Gasteiger partial charge in [-0.3, -0.25) is 4.79 Å². The minimum atomic E-state index is -0.711. The molecule has 2 fully saturated rings. The van der Waals surface area contributed by atoms with E-state index < -0.39 is 5.54 Å². The molecule has 0 radical (unpaired) electrons. The normalized spacial score (nSPS) is 24.7. The first-order valence-electron chi connectivity index (χ1n) is 7.58. The van der Waals surface area contributed by atoms with Gasteiger partial charge < -0.3 is 20.7 Å². The van der Waals surface area contributed by atoms with Crippen molar-refractivity contribution in [3.8, 4) is 0 Å². The number of nitrogens with two attached hydrogens (primary N) is 1. The summed E-state index contributed by atoms with van der Waals surface area (Å²) in [5.41, 5.74) is 5.43. The van der Waals surface area contributed by atoms with E-state index in [0.29, 0.717) is 32.6 Å². The van der Waals surface area contributed by atoms with E-state index >= 15 is 0 Å². The van der Waals surface area contributed by atoms with Crippen molar-refractivity contribution in [3.63, 3.8) is 0 Å². The molecule has 0 aromatic rings. The van der Waals surface area contributed by atoms with Gasteiger partial charge in [0.25, 0.3) is 0 Å². The summed E-state index contributed by atoms with van der Waals surface area (Å²) < 4.78 is 5.26. The fraction of sp³-hybridized carbons (Fsp3) is 0.929. The third-order valence-electron chi connectivity index (χ3n) is 4.25. The Morgan fingerprint density at radius 3 is 2.42 bits per heavy atom. The summed E-state index contributed by atoms with van der Waals surface area (Å²) in [4.78, 5) is 14.6. The Morgan fingerprint density at radius 1 is 1.16 bits per heavy atom. The first kappa shape index (κ1) is 14.8. The number of carbonyl (C=O) groups is 1. The lowest BCUT2D eigenvalue weighted by Gasteiger charge is -2.32. The molecule has 5 nitrogen and oxygen atoms in total. The van der Waals surface area contributed by atoms with Crippen molar-refractivity contribution in [3.05, 3.63) is 0 Å². The van der Waals surface area contributed by atoms with Gasteiger partial charge in [-0.2, -0.15) is 0 Å². The van der Waals surface area contributed by atoms with Crippen molar-refractivity contribution < 1.29 is 9.53 Å². The predicted molar refractivity (Wildman–Crippen MR) is 74.9 cm³/mol. The fourth-order valence-corrected chi connectivity index (χ4v) is 2.83. The van der Waals surface area contributed by atoms with E-state index in [1.54, 1.807) is 0 Å². The number of nitrogens with one attached hydrogen (secondary N) is 1. The van der Waals surface area contributed by atoms with Crippen LogP contribution in [0, 0.1) is 0 Å². The monoisotopic (exact) mass is 269 g/mol. The zero-order valence-corrected chi connectivity index (χ0v) is 11.8. The van der Waals surface area contributed by atoms with Crippen LogP contribution in [0.1, 0.15) is 38.5 Å². The second-order valence-electron chi connectivity index (χ2n) is 5.78. The van der Waals surface area contributed by atoms with Crippen LogP contribution in [-0.4, -0.2) is 55.7 Å². The van der Waals surface area contributed by atoms with Crippen LogP contribution >= 0.6 is 0 Å². The highest BCUT2D eigenvalue weighted by molar-refractivity contribution is 5.86. The molecule has 0 aromatic carbocycles. The van der Waals surface area contributed by atoms with Gasteiger partial charge in [-0.1, -0.05) is 12.8 Å². The van der Waals surface area contributed by atoms with Crippen LogP contribution in [0.3, 0.4) is 0 Å². The number of carbonyl (C=O) groups excluding carboxylic acids is 1. The third-order valence-corrected chi connectivity index (χ3v) is 4.25. The van der Waals surface area contributed by atoms with Gasteiger partial charge in [0.2, 0.25) is 5.91 Å². The highest BCUT2D eigenvalue weighted by Crippen LogP contribution is 2.17. The molecule has 0 aromatic heterocycles. The Balaban J connectivity index is 1.68. The van der Waals surface area contributed by atoms with Crippen LogP contribution in [0.25, 0.3) is 0 Å². The second-order valence-corrected chi connectivity index (χ2v) is 5.78. The predicted octanol–water partition coefficient (Wildman–Crippen LogP) is 0.486. The van der Waals surface area contributed by atoms with Crippen LogP contribution in [0.15, 0.2) is 0 Å². The molecule has 3 N–H and O–H groups in total. The van der Waals surface area contributed by atoms with Crippen LogP contribution < -0.4 is 11.1 Å². The van der Waals surface area contributed by atoms with Crippen LogP contribution in [0.4, 0.5) is 0 Å². The molecular weight excluding hydrogens is 242 g/mol. The zero-order valence-electron chi connectivity index (χ0n) is 11.8. The summed E-state index contributed by atoms with van der Waals surface area (Å²) in [7, 11) is 0. The molecule has 0 spiro atoms. The summed E-state index contributed by atoms with van der Waals surface area (Å²) in [6, 6.07) is 0. The van der Waals surface area contributed by atoms with Gasteiger partial charge in [0.1, 0.15) is 0 Å². The standard InChI is InChI=1S/C14H27N3O2/c15-14(5-11-19-12-6-14)13(18)16-7-10-17-8-3-1-2-4-9-17/h1-12,15H2,(H,16,18). The number of likely N-dealkylation sites (tertiary alicyclic amines) is 1. The summed E-state index contributed by atoms with van der Waals surface area (Å²) in [5.74, 6) is -0.00868. The van der Waals surface area contributed by atoms with E-state index in [0.717, 1.165) is 19.6 Å². The van der Waals surface area contributed by atoms with Crippen LogP contribution in [0.2, 0.25) is 0 Å². The quantitative estimate of drug-likeness (QED) is 0.779. The minimum Gasteiger partial charge on any atom is -0.381 e. The number of hydrogen-bond donors (Lipinski definition) is 2. The van der Waals surface area contributed by atoms with Gasteiger partial charge in [-0.15, -0.1) is 0 Å². The first-order valence-corrected chi connectivity index (χ1v) is 7.58. The van der Waals surface area contributed by atoms with Gasteiger partial charge >= 0.3 is 0 Å².